The average molecular weight is 376 g/mol. The van der Waals surface area contributed by atoms with Crippen LogP contribution in [-0.2, 0) is 12.8 Å². The second-order valence-corrected chi connectivity index (χ2v) is 6.00. The van der Waals surface area contributed by atoms with E-state index in [2.05, 4.69) is 39.7 Å². The number of aromatic nitrogens is 1. The summed E-state index contributed by atoms with van der Waals surface area (Å²) in [5.74, 6) is 0. The van der Waals surface area contributed by atoms with E-state index in [1.54, 1.807) is 0 Å². The molecule has 0 bridgehead atoms. The van der Waals surface area contributed by atoms with Gasteiger partial charge in [-0.05, 0) is 83.7 Å². The van der Waals surface area contributed by atoms with Gasteiger partial charge >= 0.3 is 0 Å². The fourth-order valence-electron chi connectivity index (χ4n) is 2.20. The molecule has 0 radical (unpaired) electrons. The molecule has 0 spiro atoms. The largest absolute Gasteiger partial charge is 0.264 e. The quantitative estimate of drug-likeness (QED) is 0.549. The Bertz CT molecular complexity index is 588. The SMILES string of the molecule is N#Cc1ccc(I)c(CCCCCc2cccnc2)c1. The predicted molar refractivity (Wildman–Crippen MR) is 89.4 cm³/mol. The highest BCUT2D eigenvalue weighted by molar-refractivity contribution is 14.1. The van der Waals surface area contributed by atoms with Crippen molar-refractivity contribution >= 4 is 22.6 Å². The van der Waals surface area contributed by atoms with Crippen molar-refractivity contribution in [2.45, 2.75) is 32.1 Å². The molecule has 0 saturated heterocycles. The Morgan fingerprint density at radius 3 is 2.70 bits per heavy atom. The standard InChI is InChI=1S/C17H17IN2/c18-17-9-8-15(12-19)11-16(17)7-3-1-2-5-14-6-4-10-20-13-14/h4,6,8-11,13H,1-3,5,7H2. The van der Waals surface area contributed by atoms with Gasteiger partial charge in [-0.25, -0.2) is 0 Å². The molecule has 2 rings (SSSR count). The Labute approximate surface area is 134 Å². The van der Waals surface area contributed by atoms with Crippen molar-refractivity contribution in [3.8, 4) is 6.07 Å². The van der Waals surface area contributed by atoms with E-state index in [1.165, 1.54) is 34.0 Å². The van der Waals surface area contributed by atoms with E-state index in [9.17, 15) is 0 Å². The van der Waals surface area contributed by atoms with Gasteiger partial charge in [0.25, 0.3) is 0 Å². The molecule has 20 heavy (non-hydrogen) atoms. The van der Waals surface area contributed by atoms with Gasteiger partial charge in [0.05, 0.1) is 11.6 Å². The molecule has 0 aliphatic rings. The lowest BCUT2D eigenvalue weighted by Gasteiger charge is -2.05. The molecular weight excluding hydrogens is 359 g/mol. The molecule has 1 heterocycles. The summed E-state index contributed by atoms with van der Waals surface area (Å²) in [7, 11) is 0. The van der Waals surface area contributed by atoms with Crippen LogP contribution in [0.3, 0.4) is 0 Å². The number of halogens is 1. The van der Waals surface area contributed by atoms with Crippen LogP contribution in [0, 0.1) is 14.9 Å². The van der Waals surface area contributed by atoms with E-state index >= 15 is 0 Å². The maximum atomic E-state index is 8.93. The number of hydrogen-bond donors (Lipinski definition) is 0. The van der Waals surface area contributed by atoms with Crippen LogP contribution in [0.25, 0.3) is 0 Å². The monoisotopic (exact) mass is 376 g/mol. The number of aryl methyl sites for hydroxylation is 2. The minimum Gasteiger partial charge on any atom is -0.264 e. The van der Waals surface area contributed by atoms with Crippen molar-refractivity contribution in [3.63, 3.8) is 0 Å². The first-order chi connectivity index (χ1) is 9.79. The van der Waals surface area contributed by atoms with E-state index in [1.807, 2.05) is 36.7 Å². The van der Waals surface area contributed by atoms with Crippen molar-refractivity contribution in [2.75, 3.05) is 0 Å². The maximum Gasteiger partial charge on any atom is 0.0991 e. The Morgan fingerprint density at radius 1 is 1.10 bits per heavy atom. The minimum atomic E-state index is 0.760. The molecule has 2 nitrogen and oxygen atoms in total. The number of rotatable bonds is 6. The van der Waals surface area contributed by atoms with Gasteiger partial charge in [-0.1, -0.05) is 12.5 Å². The van der Waals surface area contributed by atoms with Gasteiger partial charge in [-0.3, -0.25) is 4.98 Å². The number of nitrogens with zero attached hydrogens (tertiary/aromatic N) is 2. The lowest BCUT2D eigenvalue weighted by Crippen LogP contribution is -1.93. The van der Waals surface area contributed by atoms with Crippen molar-refractivity contribution < 1.29 is 0 Å². The van der Waals surface area contributed by atoms with E-state index in [4.69, 9.17) is 5.26 Å². The summed E-state index contributed by atoms with van der Waals surface area (Å²) in [4.78, 5) is 4.13. The van der Waals surface area contributed by atoms with Gasteiger partial charge in [0.2, 0.25) is 0 Å². The molecule has 0 N–H and O–H groups in total. The van der Waals surface area contributed by atoms with Crippen LogP contribution in [0.1, 0.15) is 36.0 Å². The zero-order valence-electron chi connectivity index (χ0n) is 11.3. The molecular formula is C17H17IN2. The molecule has 0 fully saturated rings. The summed E-state index contributed by atoms with van der Waals surface area (Å²) < 4.78 is 1.26. The molecule has 0 aliphatic heterocycles. The van der Waals surface area contributed by atoms with E-state index < -0.39 is 0 Å². The van der Waals surface area contributed by atoms with Crippen molar-refractivity contribution in [1.29, 1.82) is 5.26 Å². The van der Waals surface area contributed by atoms with E-state index in [-0.39, 0.29) is 0 Å². The molecule has 2 aromatic rings. The summed E-state index contributed by atoms with van der Waals surface area (Å²) in [6.45, 7) is 0. The third-order valence-electron chi connectivity index (χ3n) is 3.31. The van der Waals surface area contributed by atoms with Crippen molar-refractivity contribution in [2.24, 2.45) is 0 Å². The second kappa shape index (κ2) is 8.01. The molecule has 0 unspecified atom stereocenters. The zero-order valence-corrected chi connectivity index (χ0v) is 13.5. The molecule has 102 valence electrons. The average Bonchev–Trinajstić information content (AvgIpc) is 2.50. The molecule has 0 saturated carbocycles. The van der Waals surface area contributed by atoms with E-state index in [0.717, 1.165) is 18.4 Å². The first-order valence-electron chi connectivity index (χ1n) is 6.87. The molecule has 0 amide bonds. The summed E-state index contributed by atoms with van der Waals surface area (Å²) in [5, 5.41) is 8.93. The van der Waals surface area contributed by atoms with Gasteiger partial charge in [-0.15, -0.1) is 0 Å². The smallest absolute Gasteiger partial charge is 0.0991 e. The van der Waals surface area contributed by atoms with Crippen LogP contribution in [0.4, 0.5) is 0 Å². The van der Waals surface area contributed by atoms with Crippen molar-refractivity contribution in [1.82, 2.24) is 4.98 Å². The van der Waals surface area contributed by atoms with Crippen LogP contribution < -0.4 is 0 Å². The maximum absolute atomic E-state index is 8.93. The molecule has 0 aliphatic carbocycles. The summed E-state index contributed by atoms with van der Waals surface area (Å²) >= 11 is 2.35. The van der Waals surface area contributed by atoms with Crippen LogP contribution in [0.15, 0.2) is 42.7 Å². The Morgan fingerprint density at radius 2 is 1.95 bits per heavy atom. The third-order valence-corrected chi connectivity index (χ3v) is 4.36. The fourth-order valence-corrected chi connectivity index (χ4v) is 2.81. The fraction of sp³-hybridized carbons (Fsp3) is 0.294. The predicted octanol–water partition coefficient (Wildman–Crippen LogP) is 4.51. The zero-order chi connectivity index (χ0) is 14.2. The highest BCUT2D eigenvalue weighted by Crippen LogP contribution is 2.17. The lowest BCUT2D eigenvalue weighted by molar-refractivity contribution is 0.676. The summed E-state index contributed by atoms with van der Waals surface area (Å²) in [5.41, 5.74) is 3.37. The number of unbranched alkanes of at least 4 members (excludes halogenated alkanes) is 2. The number of pyridine rings is 1. The van der Waals surface area contributed by atoms with Crippen LogP contribution in [0.2, 0.25) is 0 Å². The second-order valence-electron chi connectivity index (χ2n) is 4.84. The Kier molecular flexibility index (Phi) is 6.00. The molecule has 3 heteroatoms. The molecule has 1 aromatic heterocycles. The Hall–Kier alpha value is -1.41. The minimum absolute atomic E-state index is 0.760. The van der Waals surface area contributed by atoms with Crippen LogP contribution in [-0.4, -0.2) is 4.98 Å². The van der Waals surface area contributed by atoms with Gasteiger partial charge in [0.15, 0.2) is 0 Å². The van der Waals surface area contributed by atoms with Crippen LogP contribution in [0.5, 0.6) is 0 Å². The molecule has 0 atom stereocenters. The van der Waals surface area contributed by atoms with Gasteiger partial charge < -0.3 is 0 Å². The van der Waals surface area contributed by atoms with Crippen molar-refractivity contribution in [3.05, 3.63) is 63.0 Å². The highest BCUT2D eigenvalue weighted by atomic mass is 127. The Balaban J connectivity index is 1.75. The van der Waals surface area contributed by atoms with Crippen LogP contribution >= 0.6 is 22.6 Å². The van der Waals surface area contributed by atoms with E-state index in [0.29, 0.717) is 0 Å². The number of benzene rings is 1. The summed E-state index contributed by atoms with van der Waals surface area (Å²) in [6, 6.07) is 12.3. The van der Waals surface area contributed by atoms with Gasteiger partial charge in [-0.2, -0.15) is 5.26 Å². The summed E-state index contributed by atoms with van der Waals surface area (Å²) in [6.07, 6.45) is 9.49. The normalized spacial score (nSPS) is 10.2. The first kappa shape index (κ1) is 15.0. The third kappa shape index (κ3) is 4.61. The topological polar surface area (TPSA) is 36.7 Å². The highest BCUT2D eigenvalue weighted by Gasteiger charge is 2.02. The van der Waals surface area contributed by atoms with Gasteiger partial charge in [0.1, 0.15) is 0 Å². The number of hydrogen-bond acceptors (Lipinski definition) is 2. The number of nitriles is 1. The van der Waals surface area contributed by atoms with Gasteiger partial charge in [0, 0.05) is 16.0 Å². The first-order valence-corrected chi connectivity index (χ1v) is 7.95. The molecule has 1 aromatic carbocycles. The lowest BCUT2D eigenvalue weighted by atomic mass is 10.0.